The predicted octanol–water partition coefficient (Wildman–Crippen LogP) is 1.96. The molecule has 0 bridgehead atoms. The number of aliphatic hydroxyl groups excluding tert-OH is 2. The molecule has 0 aliphatic heterocycles. The van der Waals surface area contributed by atoms with Gasteiger partial charge in [-0.05, 0) is 25.7 Å². The first-order valence-electron chi connectivity index (χ1n) is 7.32. The van der Waals surface area contributed by atoms with Crippen LogP contribution in [0.5, 0.6) is 0 Å². The Balaban J connectivity index is 1.95. The van der Waals surface area contributed by atoms with Gasteiger partial charge in [0.2, 0.25) is 0 Å². The number of nitrogens with one attached hydrogen (secondary N) is 1. The van der Waals surface area contributed by atoms with Crippen molar-refractivity contribution in [2.75, 3.05) is 6.61 Å². The Bertz CT molecular complexity index is 226. The first-order chi connectivity index (χ1) is 8.26. The maximum Gasteiger partial charge on any atom is 0.0693 e. The summed E-state index contributed by atoms with van der Waals surface area (Å²) in [6.07, 6.45) is 11.2. The van der Waals surface area contributed by atoms with Crippen molar-refractivity contribution in [2.45, 2.75) is 81.9 Å². The molecule has 0 aromatic rings. The van der Waals surface area contributed by atoms with Crippen LogP contribution in [-0.4, -0.2) is 34.5 Å². The Kier molecular flexibility index (Phi) is 4.83. The highest BCUT2D eigenvalue weighted by Crippen LogP contribution is 2.30. The quantitative estimate of drug-likeness (QED) is 0.662. The van der Waals surface area contributed by atoms with Crippen molar-refractivity contribution >= 4 is 0 Å². The molecule has 17 heavy (non-hydrogen) atoms. The van der Waals surface area contributed by atoms with E-state index in [1.807, 2.05) is 0 Å². The SMILES string of the molecule is OCC1(NC2CCCCCC2O)CCCCC1. The number of hydrogen-bond donors (Lipinski definition) is 3. The van der Waals surface area contributed by atoms with E-state index in [4.69, 9.17) is 0 Å². The fourth-order valence-electron chi connectivity index (χ4n) is 3.43. The number of rotatable bonds is 3. The van der Waals surface area contributed by atoms with Crippen LogP contribution in [-0.2, 0) is 0 Å². The second kappa shape index (κ2) is 6.17. The van der Waals surface area contributed by atoms with Crippen molar-refractivity contribution in [1.82, 2.24) is 5.32 Å². The van der Waals surface area contributed by atoms with E-state index in [1.165, 1.54) is 32.1 Å². The molecule has 0 heterocycles. The molecule has 0 aromatic heterocycles. The van der Waals surface area contributed by atoms with Crippen molar-refractivity contribution < 1.29 is 10.2 Å². The molecule has 3 heteroatoms. The maximum atomic E-state index is 10.1. The van der Waals surface area contributed by atoms with Gasteiger partial charge in [-0.3, -0.25) is 0 Å². The minimum Gasteiger partial charge on any atom is -0.394 e. The van der Waals surface area contributed by atoms with Crippen molar-refractivity contribution in [3.05, 3.63) is 0 Å². The van der Waals surface area contributed by atoms with Gasteiger partial charge in [-0.25, -0.2) is 0 Å². The molecule has 3 nitrogen and oxygen atoms in total. The molecular weight excluding hydrogens is 214 g/mol. The molecule has 3 N–H and O–H groups in total. The Morgan fingerprint density at radius 3 is 2.29 bits per heavy atom. The molecule has 2 aliphatic rings. The van der Waals surface area contributed by atoms with Crippen LogP contribution in [0.2, 0.25) is 0 Å². The third-order valence-corrected chi connectivity index (χ3v) is 4.58. The highest BCUT2D eigenvalue weighted by atomic mass is 16.3. The van der Waals surface area contributed by atoms with Crippen LogP contribution in [0, 0.1) is 0 Å². The zero-order valence-corrected chi connectivity index (χ0v) is 10.8. The van der Waals surface area contributed by atoms with Gasteiger partial charge in [-0.2, -0.15) is 0 Å². The third-order valence-electron chi connectivity index (χ3n) is 4.58. The van der Waals surface area contributed by atoms with Gasteiger partial charge in [-0.15, -0.1) is 0 Å². The molecule has 100 valence electrons. The van der Waals surface area contributed by atoms with Gasteiger partial charge in [0.15, 0.2) is 0 Å². The normalized spacial score (nSPS) is 34.2. The van der Waals surface area contributed by atoms with Gasteiger partial charge in [0, 0.05) is 11.6 Å². The summed E-state index contributed by atoms with van der Waals surface area (Å²) in [7, 11) is 0. The van der Waals surface area contributed by atoms with Crippen LogP contribution in [0.1, 0.15) is 64.2 Å². The Morgan fingerprint density at radius 1 is 0.941 bits per heavy atom. The van der Waals surface area contributed by atoms with E-state index >= 15 is 0 Å². The second-order valence-corrected chi connectivity index (χ2v) is 5.96. The second-order valence-electron chi connectivity index (χ2n) is 5.96. The predicted molar refractivity (Wildman–Crippen MR) is 68.9 cm³/mol. The fraction of sp³-hybridized carbons (Fsp3) is 1.00. The summed E-state index contributed by atoms with van der Waals surface area (Å²) in [5.41, 5.74) is -0.103. The molecule has 2 aliphatic carbocycles. The Labute approximate surface area is 105 Å². The van der Waals surface area contributed by atoms with Gasteiger partial charge < -0.3 is 15.5 Å². The summed E-state index contributed by atoms with van der Waals surface area (Å²) < 4.78 is 0. The topological polar surface area (TPSA) is 52.5 Å². The number of aliphatic hydroxyl groups is 2. The van der Waals surface area contributed by atoms with Gasteiger partial charge in [0.1, 0.15) is 0 Å². The third kappa shape index (κ3) is 3.43. The van der Waals surface area contributed by atoms with Crippen molar-refractivity contribution in [1.29, 1.82) is 0 Å². The smallest absolute Gasteiger partial charge is 0.0693 e. The van der Waals surface area contributed by atoms with Crippen molar-refractivity contribution in [3.8, 4) is 0 Å². The van der Waals surface area contributed by atoms with E-state index in [0.717, 1.165) is 32.1 Å². The molecule has 2 fully saturated rings. The summed E-state index contributed by atoms with van der Waals surface area (Å²) in [4.78, 5) is 0. The van der Waals surface area contributed by atoms with Gasteiger partial charge in [-0.1, -0.05) is 38.5 Å². The summed E-state index contributed by atoms with van der Waals surface area (Å²) >= 11 is 0. The molecule has 2 unspecified atom stereocenters. The van der Waals surface area contributed by atoms with Crippen molar-refractivity contribution in [3.63, 3.8) is 0 Å². The lowest BCUT2D eigenvalue weighted by Gasteiger charge is -2.41. The summed E-state index contributed by atoms with van der Waals surface area (Å²) in [5, 5.41) is 23.4. The Hall–Kier alpha value is -0.120. The minimum absolute atomic E-state index is 0.103. The van der Waals surface area contributed by atoms with Gasteiger partial charge >= 0.3 is 0 Å². The summed E-state index contributed by atoms with van der Waals surface area (Å²) in [6.45, 7) is 0.218. The molecule has 0 radical (unpaired) electrons. The molecule has 2 saturated carbocycles. The molecule has 0 aromatic carbocycles. The highest BCUT2D eigenvalue weighted by Gasteiger charge is 2.35. The van der Waals surface area contributed by atoms with Crippen LogP contribution in [0.3, 0.4) is 0 Å². The molecule has 0 spiro atoms. The molecule has 2 rings (SSSR count). The summed E-state index contributed by atoms with van der Waals surface area (Å²) in [5.74, 6) is 0. The van der Waals surface area contributed by atoms with Crippen molar-refractivity contribution in [2.24, 2.45) is 0 Å². The molecule has 2 atom stereocenters. The van der Waals surface area contributed by atoms with E-state index in [-0.39, 0.29) is 24.3 Å². The first-order valence-corrected chi connectivity index (χ1v) is 7.32. The monoisotopic (exact) mass is 241 g/mol. The Morgan fingerprint density at radius 2 is 1.59 bits per heavy atom. The number of hydrogen-bond acceptors (Lipinski definition) is 3. The van der Waals surface area contributed by atoms with E-state index in [9.17, 15) is 10.2 Å². The zero-order valence-electron chi connectivity index (χ0n) is 10.8. The van der Waals surface area contributed by atoms with Crippen LogP contribution >= 0.6 is 0 Å². The lowest BCUT2D eigenvalue weighted by molar-refractivity contribution is 0.0582. The minimum atomic E-state index is -0.220. The van der Waals surface area contributed by atoms with E-state index in [2.05, 4.69) is 5.32 Å². The summed E-state index contributed by atoms with van der Waals surface area (Å²) in [6, 6.07) is 0.197. The van der Waals surface area contributed by atoms with Crippen LogP contribution in [0.4, 0.5) is 0 Å². The standard InChI is InChI=1S/C14H27NO2/c16-11-14(9-5-2-6-10-14)15-12-7-3-1-4-8-13(12)17/h12-13,15-17H,1-11H2. The lowest BCUT2D eigenvalue weighted by Crippen LogP contribution is -2.57. The van der Waals surface area contributed by atoms with Crippen LogP contribution in [0.25, 0.3) is 0 Å². The van der Waals surface area contributed by atoms with E-state index < -0.39 is 0 Å². The highest BCUT2D eigenvalue weighted by molar-refractivity contribution is 4.95. The fourth-order valence-corrected chi connectivity index (χ4v) is 3.43. The van der Waals surface area contributed by atoms with Gasteiger partial charge in [0.05, 0.1) is 12.7 Å². The van der Waals surface area contributed by atoms with E-state index in [0.29, 0.717) is 0 Å². The van der Waals surface area contributed by atoms with Crippen LogP contribution < -0.4 is 5.32 Å². The average molecular weight is 241 g/mol. The largest absolute Gasteiger partial charge is 0.394 e. The lowest BCUT2D eigenvalue weighted by atomic mass is 9.81. The van der Waals surface area contributed by atoms with Crippen LogP contribution in [0.15, 0.2) is 0 Å². The average Bonchev–Trinajstić information content (AvgIpc) is 2.56. The molecular formula is C14H27NO2. The molecule has 0 saturated heterocycles. The molecule has 0 amide bonds. The maximum absolute atomic E-state index is 10.1. The van der Waals surface area contributed by atoms with E-state index in [1.54, 1.807) is 0 Å². The van der Waals surface area contributed by atoms with Gasteiger partial charge in [0.25, 0.3) is 0 Å². The zero-order chi connectivity index (χ0) is 12.1. The first kappa shape index (κ1) is 13.3.